The zero-order valence-corrected chi connectivity index (χ0v) is 18.9. The molecule has 0 unspecified atom stereocenters. The summed E-state index contributed by atoms with van der Waals surface area (Å²) in [6.45, 7) is 5.55. The number of piperazine rings is 1. The van der Waals surface area contributed by atoms with E-state index < -0.39 is 5.63 Å². The molecule has 172 valence electrons. The van der Waals surface area contributed by atoms with E-state index in [1.54, 1.807) is 12.3 Å². The Bertz CT molecular complexity index is 1510. The number of hydrogen-bond donors (Lipinski definition) is 0. The minimum Gasteiger partial charge on any atom is -0.486 e. The maximum atomic E-state index is 11.8. The van der Waals surface area contributed by atoms with Crippen LogP contribution in [-0.2, 0) is 0 Å². The molecule has 0 aliphatic carbocycles. The Morgan fingerprint density at radius 2 is 1.65 bits per heavy atom. The molecule has 34 heavy (non-hydrogen) atoms. The monoisotopic (exact) mass is 454 g/mol. The van der Waals surface area contributed by atoms with Crippen LogP contribution in [-0.4, -0.2) is 44.2 Å². The highest BCUT2D eigenvalue weighted by Crippen LogP contribution is 2.35. The van der Waals surface area contributed by atoms with Crippen LogP contribution in [0.2, 0.25) is 0 Å². The highest BCUT2D eigenvalue weighted by Gasteiger charge is 2.19. The number of nitrogens with zero attached hydrogens (tertiary/aromatic N) is 2. The fraction of sp³-hybridized carbons (Fsp3) is 0.250. The van der Waals surface area contributed by atoms with Gasteiger partial charge in [-0.25, -0.2) is 4.79 Å². The van der Waals surface area contributed by atoms with Gasteiger partial charge in [0.05, 0.1) is 12.9 Å². The third-order valence-electron chi connectivity index (χ3n) is 6.63. The molecule has 1 aliphatic rings. The fourth-order valence-corrected chi connectivity index (χ4v) is 4.90. The van der Waals surface area contributed by atoms with Crippen LogP contribution in [0.1, 0.15) is 6.42 Å². The Hall–Kier alpha value is -3.77. The van der Waals surface area contributed by atoms with Gasteiger partial charge in [0.1, 0.15) is 0 Å². The van der Waals surface area contributed by atoms with Crippen molar-refractivity contribution in [3.8, 4) is 5.75 Å². The lowest BCUT2D eigenvalue weighted by Gasteiger charge is -2.36. The zero-order valence-electron chi connectivity index (χ0n) is 18.9. The van der Waals surface area contributed by atoms with Gasteiger partial charge in [-0.05, 0) is 36.1 Å². The van der Waals surface area contributed by atoms with Gasteiger partial charge < -0.3 is 18.5 Å². The van der Waals surface area contributed by atoms with E-state index in [9.17, 15) is 4.79 Å². The minimum absolute atomic E-state index is 0.396. The summed E-state index contributed by atoms with van der Waals surface area (Å²) in [5, 5.41) is 4.36. The average Bonchev–Trinajstić information content (AvgIpc) is 3.35. The molecule has 0 saturated carbocycles. The quantitative estimate of drug-likeness (QED) is 0.257. The van der Waals surface area contributed by atoms with Gasteiger partial charge in [0, 0.05) is 60.6 Å². The second kappa shape index (κ2) is 8.88. The van der Waals surface area contributed by atoms with Gasteiger partial charge in [-0.15, -0.1) is 0 Å². The molecule has 0 spiro atoms. The van der Waals surface area contributed by atoms with Crippen molar-refractivity contribution in [2.45, 2.75) is 6.42 Å². The molecule has 1 saturated heterocycles. The Morgan fingerprint density at radius 1 is 0.824 bits per heavy atom. The first-order valence-corrected chi connectivity index (χ1v) is 11.8. The van der Waals surface area contributed by atoms with Gasteiger partial charge in [0.25, 0.3) is 0 Å². The van der Waals surface area contributed by atoms with E-state index in [4.69, 9.17) is 13.6 Å². The van der Waals surface area contributed by atoms with E-state index >= 15 is 0 Å². The minimum atomic E-state index is -0.396. The lowest BCUT2D eigenvalue weighted by molar-refractivity contribution is 0.224. The van der Waals surface area contributed by atoms with Crippen LogP contribution >= 0.6 is 0 Å². The van der Waals surface area contributed by atoms with Gasteiger partial charge >= 0.3 is 5.63 Å². The summed E-state index contributed by atoms with van der Waals surface area (Å²) in [5.74, 6) is 0.510. The van der Waals surface area contributed by atoms with Gasteiger partial charge in [0.15, 0.2) is 11.2 Å². The predicted molar refractivity (Wildman–Crippen MR) is 135 cm³/mol. The largest absolute Gasteiger partial charge is 0.486 e. The van der Waals surface area contributed by atoms with E-state index in [1.165, 1.54) is 22.5 Å². The number of ether oxygens (including phenoxy) is 1. The van der Waals surface area contributed by atoms with Gasteiger partial charge in [-0.1, -0.05) is 36.4 Å². The third-order valence-corrected chi connectivity index (χ3v) is 6.63. The first-order valence-electron chi connectivity index (χ1n) is 11.8. The highest BCUT2D eigenvalue weighted by atomic mass is 16.5. The van der Waals surface area contributed by atoms with Gasteiger partial charge in [-0.2, -0.15) is 0 Å². The molecule has 0 bridgehead atoms. The van der Waals surface area contributed by atoms with E-state index in [2.05, 4.69) is 52.3 Å². The maximum absolute atomic E-state index is 11.8. The molecule has 3 heterocycles. The van der Waals surface area contributed by atoms with Crippen molar-refractivity contribution in [2.24, 2.45) is 0 Å². The second-order valence-electron chi connectivity index (χ2n) is 8.75. The molecule has 6 heteroatoms. The van der Waals surface area contributed by atoms with Crippen molar-refractivity contribution in [3.05, 3.63) is 83.4 Å². The summed E-state index contributed by atoms with van der Waals surface area (Å²) in [4.78, 5) is 16.8. The van der Waals surface area contributed by atoms with Crippen LogP contribution in [0, 0.1) is 0 Å². The van der Waals surface area contributed by atoms with Crippen molar-refractivity contribution in [1.82, 2.24) is 4.90 Å². The lowest BCUT2D eigenvalue weighted by Crippen LogP contribution is -2.46. The Morgan fingerprint density at radius 3 is 2.56 bits per heavy atom. The van der Waals surface area contributed by atoms with Crippen LogP contribution in [0.15, 0.2) is 86.6 Å². The smallest absolute Gasteiger partial charge is 0.336 e. The van der Waals surface area contributed by atoms with Crippen LogP contribution in [0.3, 0.4) is 0 Å². The topological polar surface area (TPSA) is 59.1 Å². The fourth-order valence-electron chi connectivity index (χ4n) is 4.90. The summed E-state index contributed by atoms with van der Waals surface area (Å²) in [5.41, 5.74) is 1.98. The summed E-state index contributed by atoms with van der Waals surface area (Å²) < 4.78 is 17.2. The molecule has 1 fully saturated rings. The molecule has 0 radical (unpaired) electrons. The maximum Gasteiger partial charge on any atom is 0.336 e. The summed E-state index contributed by atoms with van der Waals surface area (Å²) in [6.07, 6.45) is 2.51. The Balaban J connectivity index is 1.08. The zero-order chi connectivity index (χ0) is 22.9. The molecule has 5 aromatic rings. The number of furan rings is 1. The predicted octanol–water partition coefficient (Wildman–Crippen LogP) is 5.28. The number of benzene rings is 3. The van der Waals surface area contributed by atoms with Crippen LogP contribution in [0.25, 0.3) is 32.7 Å². The molecule has 6 nitrogen and oxygen atoms in total. The van der Waals surface area contributed by atoms with Crippen LogP contribution in [0.4, 0.5) is 5.69 Å². The molecule has 2 aromatic heterocycles. The average molecular weight is 455 g/mol. The molecule has 1 aliphatic heterocycles. The standard InChI is InChI=1S/C28H26N2O4/c31-25-10-9-21-19-22-11-18-33-26(22)28(27(21)34-25)32-17-4-12-29-13-15-30(16-14-29)24-8-3-6-20-5-1-2-7-23(20)24/h1-3,5-11,18-19H,4,12-17H2. The van der Waals surface area contributed by atoms with E-state index in [-0.39, 0.29) is 0 Å². The number of hydrogen-bond acceptors (Lipinski definition) is 6. The molecule has 3 aromatic carbocycles. The molecular weight excluding hydrogens is 428 g/mol. The van der Waals surface area contributed by atoms with Crippen molar-refractivity contribution in [1.29, 1.82) is 0 Å². The van der Waals surface area contributed by atoms with Gasteiger partial charge in [-0.3, -0.25) is 4.90 Å². The summed E-state index contributed by atoms with van der Waals surface area (Å²) in [6, 6.07) is 22.2. The lowest BCUT2D eigenvalue weighted by atomic mass is 10.1. The molecular formula is C28H26N2O4. The van der Waals surface area contributed by atoms with Crippen molar-refractivity contribution < 1.29 is 13.6 Å². The molecule has 0 atom stereocenters. The van der Waals surface area contributed by atoms with E-state index in [0.717, 1.165) is 49.9 Å². The van der Waals surface area contributed by atoms with Crippen molar-refractivity contribution in [2.75, 3.05) is 44.2 Å². The number of fused-ring (bicyclic) bond motifs is 3. The Kier molecular flexibility index (Phi) is 5.43. The van der Waals surface area contributed by atoms with Crippen LogP contribution < -0.4 is 15.3 Å². The van der Waals surface area contributed by atoms with E-state index in [0.29, 0.717) is 23.5 Å². The third kappa shape index (κ3) is 3.90. The van der Waals surface area contributed by atoms with Crippen molar-refractivity contribution >= 4 is 38.4 Å². The highest BCUT2D eigenvalue weighted by molar-refractivity contribution is 6.00. The number of rotatable bonds is 6. The molecule has 0 amide bonds. The Labute approximate surface area is 196 Å². The van der Waals surface area contributed by atoms with E-state index in [1.807, 2.05) is 12.1 Å². The molecule has 6 rings (SSSR count). The second-order valence-corrected chi connectivity index (χ2v) is 8.75. The SMILES string of the molecule is O=c1ccc2cc3ccoc3c(OCCCN3CCN(c4cccc5ccccc45)CC3)c2o1. The summed E-state index contributed by atoms with van der Waals surface area (Å²) >= 11 is 0. The van der Waals surface area contributed by atoms with Crippen LogP contribution in [0.5, 0.6) is 5.75 Å². The normalized spacial score (nSPS) is 14.9. The van der Waals surface area contributed by atoms with Crippen molar-refractivity contribution in [3.63, 3.8) is 0 Å². The molecule has 0 N–H and O–H groups in total. The first kappa shape index (κ1) is 20.8. The first-order chi connectivity index (χ1) is 16.8. The number of anilines is 1. The summed E-state index contributed by atoms with van der Waals surface area (Å²) in [7, 11) is 0. The van der Waals surface area contributed by atoms with Gasteiger partial charge in [0.2, 0.25) is 5.75 Å².